The van der Waals surface area contributed by atoms with Gasteiger partial charge in [0, 0.05) is 6.54 Å². The van der Waals surface area contributed by atoms with Gasteiger partial charge in [-0.15, -0.1) is 0 Å². The van der Waals surface area contributed by atoms with Gasteiger partial charge in [-0.2, -0.15) is 0 Å². The first kappa shape index (κ1) is 16.1. The number of likely N-dealkylation sites (tertiary alicyclic amines) is 1. The highest BCUT2D eigenvalue weighted by molar-refractivity contribution is 5.41. The van der Waals surface area contributed by atoms with Crippen molar-refractivity contribution in [2.45, 2.75) is 32.7 Å². The lowest BCUT2D eigenvalue weighted by atomic mass is 9.99. The molecule has 21 heavy (non-hydrogen) atoms. The number of ether oxygens (including phenoxy) is 1. The molecule has 0 saturated carbocycles. The van der Waals surface area contributed by atoms with E-state index in [1.165, 1.54) is 38.9 Å². The van der Waals surface area contributed by atoms with Crippen molar-refractivity contribution in [1.29, 1.82) is 0 Å². The molecule has 2 rings (SSSR count). The Morgan fingerprint density at radius 2 is 2.10 bits per heavy atom. The highest BCUT2D eigenvalue weighted by atomic mass is 16.5. The van der Waals surface area contributed by atoms with Crippen LogP contribution in [0.2, 0.25) is 0 Å². The molecule has 2 N–H and O–H groups in total. The van der Waals surface area contributed by atoms with Gasteiger partial charge in [-0.1, -0.05) is 13.0 Å². The van der Waals surface area contributed by atoms with Crippen LogP contribution in [0.15, 0.2) is 18.2 Å². The summed E-state index contributed by atoms with van der Waals surface area (Å²) in [5, 5.41) is 13.2. The van der Waals surface area contributed by atoms with Crippen LogP contribution in [0, 0.1) is 5.92 Å². The van der Waals surface area contributed by atoms with Crippen molar-refractivity contribution in [3.8, 4) is 11.5 Å². The minimum atomic E-state index is 0.208. The van der Waals surface area contributed by atoms with Crippen LogP contribution in [-0.4, -0.2) is 43.3 Å². The van der Waals surface area contributed by atoms with Gasteiger partial charge in [0.2, 0.25) is 0 Å². The second kappa shape index (κ2) is 8.25. The van der Waals surface area contributed by atoms with Gasteiger partial charge in [0.1, 0.15) is 0 Å². The van der Waals surface area contributed by atoms with Gasteiger partial charge < -0.3 is 20.1 Å². The van der Waals surface area contributed by atoms with Crippen LogP contribution in [0.4, 0.5) is 0 Å². The van der Waals surface area contributed by atoms with Gasteiger partial charge in [0.15, 0.2) is 11.5 Å². The van der Waals surface area contributed by atoms with Crippen LogP contribution >= 0.6 is 0 Å². The predicted molar refractivity (Wildman–Crippen MR) is 85.8 cm³/mol. The summed E-state index contributed by atoms with van der Waals surface area (Å²) in [5.41, 5.74) is 1.08. The molecule has 4 heteroatoms. The number of methoxy groups -OCH3 is 1. The molecule has 0 spiro atoms. The number of nitrogens with one attached hydrogen (secondary N) is 1. The number of phenolic OH excluding ortho intramolecular Hbond substituents is 1. The maximum Gasteiger partial charge on any atom is 0.160 e. The van der Waals surface area contributed by atoms with Crippen molar-refractivity contribution in [2.75, 3.05) is 33.3 Å². The minimum absolute atomic E-state index is 0.208. The normalized spacial score (nSPS) is 17.0. The molecular formula is C17H28N2O2. The van der Waals surface area contributed by atoms with Crippen molar-refractivity contribution >= 4 is 0 Å². The molecule has 0 aromatic heterocycles. The first-order chi connectivity index (χ1) is 10.2. The largest absolute Gasteiger partial charge is 0.504 e. The Morgan fingerprint density at radius 1 is 1.33 bits per heavy atom. The first-order valence-electron chi connectivity index (χ1n) is 7.98. The number of hydrogen-bond donors (Lipinski definition) is 2. The number of hydrogen-bond acceptors (Lipinski definition) is 4. The molecule has 0 amide bonds. The third-order valence-corrected chi connectivity index (χ3v) is 4.28. The van der Waals surface area contributed by atoms with Crippen molar-refractivity contribution < 1.29 is 9.84 Å². The lowest BCUT2D eigenvalue weighted by molar-refractivity contribution is 0.190. The lowest BCUT2D eigenvalue weighted by Gasteiger charge is -2.30. The molecule has 1 saturated heterocycles. The third kappa shape index (κ3) is 5.21. The Morgan fingerprint density at radius 3 is 2.76 bits per heavy atom. The molecule has 1 heterocycles. The monoisotopic (exact) mass is 292 g/mol. The fourth-order valence-electron chi connectivity index (χ4n) is 2.79. The highest BCUT2D eigenvalue weighted by Crippen LogP contribution is 2.26. The van der Waals surface area contributed by atoms with Crippen LogP contribution in [-0.2, 0) is 6.54 Å². The summed E-state index contributed by atoms with van der Waals surface area (Å²) >= 11 is 0. The van der Waals surface area contributed by atoms with Crippen molar-refractivity contribution in [3.63, 3.8) is 0 Å². The fourth-order valence-corrected chi connectivity index (χ4v) is 2.79. The van der Waals surface area contributed by atoms with Crippen LogP contribution in [0.3, 0.4) is 0 Å². The topological polar surface area (TPSA) is 44.7 Å². The molecule has 1 aromatic carbocycles. The summed E-state index contributed by atoms with van der Waals surface area (Å²) in [5.74, 6) is 1.64. The Hall–Kier alpha value is -1.26. The molecule has 1 fully saturated rings. The Labute approximate surface area is 128 Å². The fraction of sp³-hybridized carbons (Fsp3) is 0.647. The van der Waals surface area contributed by atoms with Gasteiger partial charge in [0.25, 0.3) is 0 Å². The Kier molecular flexibility index (Phi) is 6.33. The van der Waals surface area contributed by atoms with E-state index in [0.29, 0.717) is 5.75 Å². The quantitative estimate of drug-likeness (QED) is 0.758. The Bertz CT molecular complexity index is 429. The van der Waals surface area contributed by atoms with Crippen molar-refractivity contribution in [2.24, 2.45) is 5.92 Å². The van der Waals surface area contributed by atoms with Gasteiger partial charge in [-0.25, -0.2) is 0 Å². The maximum atomic E-state index is 9.73. The van der Waals surface area contributed by atoms with Gasteiger partial charge >= 0.3 is 0 Å². The molecule has 1 aliphatic rings. The average molecular weight is 292 g/mol. The summed E-state index contributed by atoms with van der Waals surface area (Å²) in [6.07, 6.45) is 3.87. The second-order valence-corrected chi connectivity index (χ2v) is 6.06. The summed E-state index contributed by atoms with van der Waals surface area (Å²) < 4.78 is 5.04. The molecular weight excluding hydrogens is 264 g/mol. The van der Waals surface area contributed by atoms with Gasteiger partial charge in [-0.05, 0) is 69.1 Å². The highest BCUT2D eigenvalue weighted by Gasteiger charge is 2.14. The average Bonchev–Trinajstić information content (AvgIpc) is 2.49. The van der Waals surface area contributed by atoms with Gasteiger partial charge in [-0.3, -0.25) is 0 Å². The smallest absolute Gasteiger partial charge is 0.160 e. The number of benzene rings is 1. The van der Waals surface area contributed by atoms with Crippen LogP contribution in [0.1, 0.15) is 31.7 Å². The zero-order valence-corrected chi connectivity index (χ0v) is 13.3. The zero-order valence-electron chi connectivity index (χ0n) is 13.3. The van der Waals surface area contributed by atoms with E-state index in [2.05, 4.69) is 17.1 Å². The van der Waals surface area contributed by atoms with E-state index in [9.17, 15) is 5.11 Å². The van der Waals surface area contributed by atoms with Crippen LogP contribution in [0.25, 0.3) is 0 Å². The molecule has 4 nitrogen and oxygen atoms in total. The molecule has 0 atom stereocenters. The van der Waals surface area contributed by atoms with E-state index >= 15 is 0 Å². The number of piperidine rings is 1. The van der Waals surface area contributed by atoms with Crippen LogP contribution in [0.5, 0.6) is 11.5 Å². The number of phenols is 1. The molecule has 1 aliphatic heterocycles. The second-order valence-electron chi connectivity index (χ2n) is 6.06. The molecule has 0 unspecified atom stereocenters. The maximum absolute atomic E-state index is 9.73. The van der Waals surface area contributed by atoms with Crippen LogP contribution < -0.4 is 10.1 Å². The van der Waals surface area contributed by atoms with E-state index in [0.717, 1.165) is 24.6 Å². The van der Waals surface area contributed by atoms with E-state index in [1.807, 2.05) is 6.07 Å². The number of rotatable bonds is 7. The zero-order chi connectivity index (χ0) is 15.1. The summed E-state index contributed by atoms with van der Waals surface area (Å²) in [7, 11) is 1.56. The molecule has 0 aliphatic carbocycles. The van der Waals surface area contributed by atoms with E-state index < -0.39 is 0 Å². The number of nitrogens with zero attached hydrogens (tertiary/aromatic N) is 1. The Balaban J connectivity index is 1.60. The summed E-state index contributed by atoms with van der Waals surface area (Å²) in [4.78, 5) is 2.57. The molecule has 118 valence electrons. The summed E-state index contributed by atoms with van der Waals surface area (Å²) in [6, 6.07) is 5.55. The first-order valence-corrected chi connectivity index (χ1v) is 7.98. The lowest BCUT2D eigenvalue weighted by Crippen LogP contribution is -2.34. The summed E-state index contributed by atoms with van der Waals surface area (Å²) in [6.45, 7) is 7.85. The van der Waals surface area contributed by atoms with Crippen molar-refractivity contribution in [3.05, 3.63) is 23.8 Å². The third-order valence-electron chi connectivity index (χ3n) is 4.28. The van der Waals surface area contributed by atoms with E-state index in [-0.39, 0.29) is 5.75 Å². The molecule has 0 radical (unpaired) electrons. The van der Waals surface area contributed by atoms with Gasteiger partial charge in [0.05, 0.1) is 7.11 Å². The standard InChI is InChI=1S/C17H28N2O2/c1-14-6-10-19(11-7-14)9-3-8-18-13-15-4-5-17(21-2)16(20)12-15/h4-5,12,14,18,20H,3,6-11,13H2,1-2H3. The molecule has 1 aromatic rings. The van der Waals surface area contributed by atoms with Crippen molar-refractivity contribution in [1.82, 2.24) is 10.2 Å². The SMILES string of the molecule is COc1ccc(CNCCCN2CCC(C)CC2)cc1O. The van der Waals surface area contributed by atoms with E-state index in [1.54, 1.807) is 19.2 Å². The number of aromatic hydroxyl groups is 1. The minimum Gasteiger partial charge on any atom is -0.504 e. The predicted octanol–water partition coefficient (Wildman–Crippen LogP) is 2.61. The van der Waals surface area contributed by atoms with E-state index in [4.69, 9.17) is 4.74 Å². The molecule has 0 bridgehead atoms.